The van der Waals surface area contributed by atoms with Crippen LogP contribution in [0, 0.1) is 0 Å². The van der Waals surface area contributed by atoms with Crippen molar-refractivity contribution in [1.82, 2.24) is 4.72 Å². The summed E-state index contributed by atoms with van der Waals surface area (Å²) in [5.74, 6) is 0. The van der Waals surface area contributed by atoms with Gasteiger partial charge in [0.1, 0.15) is 0 Å². The molecule has 0 atom stereocenters. The summed E-state index contributed by atoms with van der Waals surface area (Å²) in [5.41, 5.74) is 7.14. The number of nitrogens with two attached hydrogens (primary N) is 1. The smallest absolute Gasteiger partial charge is 0.301 e. The van der Waals surface area contributed by atoms with Crippen LogP contribution in [0.25, 0.3) is 0 Å². The maximum absolute atomic E-state index is 12.1. The molecule has 0 spiro atoms. The van der Waals surface area contributed by atoms with Crippen LogP contribution in [0.1, 0.15) is 26.3 Å². The third-order valence-corrected chi connectivity index (χ3v) is 4.29. The average Bonchev–Trinajstić information content (AvgIpc) is 2.29. The number of hydrogen-bond acceptors (Lipinski definition) is 3. The minimum Gasteiger partial charge on any atom is -0.326 e. The number of nitrogens with zero attached hydrogens (tertiary/aromatic N) is 1. The Labute approximate surface area is 109 Å². The van der Waals surface area contributed by atoms with Crippen molar-refractivity contribution in [2.75, 3.05) is 10.8 Å². The summed E-state index contributed by atoms with van der Waals surface area (Å²) in [4.78, 5) is 0. The highest BCUT2D eigenvalue weighted by Crippen LogP contribution is 2.20. The molecule has 0 saturated carbocycles. The highest BCUT2D eigenvalue weighted by Gasteiger charge is 2.24. The predicted octanol–water partition coefficient (Wildman–Crippen LogP) is 1.21. The van der Waals surface area contributed by atoms with Crippen LogP contribution < -0.4 is 14.8 Å². The summed E-state index contributed by atoms with van der Waals surface area (Å²) in [6.45, 7) is 6.25. The largest absolute Gasteiger partial charge is 0.326 e. The van der Waals surface area contributed by atoms with Crippen LogP contribution in [0.15, 0.2) is 24.3 Å². The fourth-order valence-electron chi connectivity index (χ4n) is 1.75. The zero-order chi connectivity index (χ0) is 13.8. The summed E-state index contributed by atoms with van der Waals surface area (Å²) in [6.07, 6.45) is 0. The molecule has 0 aliphatic rings. The lowest BCUT2D eigenvalue weighted by atomic mass is 10.2. The van der Waals surface area contributed by atoms with E-state index in [2.05, 4.69) is 4.72 Å². The van der Waals surface area contributed by atoms with Crippen LogP contribution in [-0.2, 0) is 16.8 Å². The maximum Gasteiger partial charge on any atom is 0.301 e. The molecule has 6 heteroatoms. The van der Waals surface area contributed by atoms with Crippen LogP contribution in [-0.4, -0.2) is 21.0 Å². The van der Waals surface area contributed by atoms with Gasteiger partial charge >= 0.3 is 10.2 Å². The summed E-state index contributed by atoms with van der Waals surface area (Å²) >= 11 is 0. The van der Waals surface area contributed by atoms with Crippen molar-refractivity contribution in [2.24, 2.45) is 5.73 Å². The molecule has 0 heterocycles. The third kappa shape index (κ3) is 3.44. The number of nitrogens with one attached hydrogen (secondary N) is 1. The Morgan fingerprint density at radius 1 is 1.28 bits per heavy atom. The highest BCUT2D eigenvalue weighted by molar-refractivity contribution is 7.90. The van der Waals surface area contributed by atoms with E-state index < -0.39 is 10.2 Å². The van der Waals surface area contributed by atoms with Gasteiger partial charge in [-0.15, -0.1) is 0 Å². The highest BCUT2D eigenvalue weighted by atomic mass is 32.2. The Bertz CT molecular complexity index is 469. The second kappa shape index (κ2) is 6.17. The summed E-state index contributed by atoms with van der Waals surface area (Å²) in [7, 11) is -3.49. The normalized spacial score (nSPS) is 11.8. The quantitative estimate of drug-likeness (QED) is 0.816. The molecule has 1 rings (SSSR count). The van der Waals surface area contributed by atoms with Gasteiger partial charge in [0.05, 0.1) is 5.69 Å². The Hall–Kier alpha value is -1.11. The molecule has 0 aromatic heterocycles. The van der Waals surface area contributed by atoms with Gasteiger partial charge in [0, 0.05) is 19.1 Å². The van der Waals surface area contributed by atoms with Gasteiger partial charge in [0.2, 0.25) is 0 Å². The summed E-state index contributed by atoms with van der Waals surface area (Å²) < 4.78 is 28.1. The van der Waals surface area contributed by atoms with E-state index in [0.29, 0.717) is 18.8 Å². The Morgan fingerprint density at radius 2 is 1.83 bits per heavy atom. The van der Waals surface area contributed by atoms with Crippen molar-refractivity contribution in [1.29, 1.82) is 0 Å². The molecule has 0 unspecified atom stereocenters. The first kappa shape index (κ1) is 14.9. The molecule has 102 valence electrons. The van der Waals surface area contributed by atoms with Gasteiger partial charge in [0.15, 0.2) is 0 Å². The van der Waals surface area contributed by atoms with E-state index in [1.54, 1.807) is 19.1 Å². The number of benzene rings is 1. The fraction of sp³-hybridized carbons (Fsp3) is 0.500. The third-order valence-electron chi connectivity index (χ3n) is 2.48. The van der Waals surface area contributed by atoms with Crippen molar-refractivity contribution in [3.8, 4) is 0 Å². The molecule has 0 fully saturated rings. The lowest BCUT2D eigenvalue weighted by molar-refractivity contribution is 0.572. The van der Waals surface area contributed by atoms with Gasteiger partial charge < -0.3 is 5.73 Å². The molecular weight excluding hydrogens is 250 g/mol. The standard InChI is InChI=1S/C12H21N3O2S/c1-4-14-18(16,17)15(10(2)3)12-7-5-11(9-13)6-8-12/h5-8,10,14H,4,9,13H2,1-3H3. The first-order valence-electron chi connectivity index (χ1n) is 6.00. The van der Waals surface area contributed by atoms with E-state index in [-0.39, 0.29) is 6.04 Å². The molecule has 1 aromatic rings. The fourth-order valence-corrected chi connectivity index (χ4v) is 3.20. The molecule has 0 aliphatic carbocycles. The van der Waals surface area contributed by atoms with Crippen molar-refractivity contribution >= 4 is 15.9 Å². The summed E-state index contributed by atoms with van der Waals surface area (Å²) in [6, 6.07) is 7.07. The first-order chi connectivity index (χ1) is 8.42. The van der Waals surface area contributed by atoms with E-state index in [1.165, 1.54) is 4.31 Å². The van der Waals surface area contributed by atoms with Crippen molar-refractivity contribution in [3.05, 3.63) is 29.8 Å². The van der Waals surface area contributed by atoms with Crippen LogP contribution >= 0.6 is 0 Å². The predicted molar refractivity (Wildman–Crippen MR) is 74.5 cm³/mol. The molecule has 1 aromatic carbocycles. The van der Waals surface area contributed by atoms with E-state index in [9.17, 15) is 8.42 Å². The van der Waals surface area contributed by atoms with E-state index in [1.807, 2.05) is 26.0 Å². The van der Waals surface area contributed by atoms with E-state index in [0.717, 1.165) is 5.56 Å². The van der Waals surface area contributed by atoms with E-state index >= 15 is 0 Å². The van der Waals surface area contributed by atoms with E-state index in [4.69, 9.17) is 5.73 Å². The molecule has 0 bridgehead atoms. The molecule has 0 amide bonds. The molecule has 0 radical (unpaired) electrons. The van der Waals surface area contributed by atoms with Gasteiger partial charge in [-0.05, 0) is 31.5 Å². The van der Waals surface area contributed by atoms with Gasteiger partial charge in [-0.3, -0.25) is 4.31 Å². The van der Waals surface area contributed by atoms with Gasteiger partial charge in [0.25, 0.3) is 0 Å². The minimum absolute atomic E-state index is 0.155. The molecule has 5 nitrogen and oxygen atoms in total. The Balaban J connectivity index is 3.12. The number of hydrogen-bond donors (Lipinski definition) is 2. The van der Waals surface area contributed by atoms with Gasteiger partial charge in [-0.1, -0.05) is 19.1 Å². The maximum atomic E-state index is 12.1. The molecule has 0 saturated heterocycles. The second-order valence-corrected chi connectivity index (χ2v) is 5.90. The number of anilines is 1. The van der Waals surface area contributed by atoms with Crippen LogP contribution in [0.3, 0.4) is 0 Å². The topological polar surface area (TPSA) is 75.4 Å². The zero-order valence-corrected chi connectivity index (χ0v) is 11.9. The number of rotatable bonds is 6. The minimum atomic E-state index is -3.49. The second-order valence-electron chi connectivity index (χ2n) is 4.26. The Morgan fingerprint density at radius 3 is 2.22 bits per heavy atom. The molecule has 18 heavy (non-hydrogen) atoms. The summed E-state index contributed by atoms with van der Waals surface area (Å²) in [5, 5.41) is 0. The van der Waals surface area contributed by atoms with Crippen LogP contribution in [0.4, 0.5) is 5.69 Å². The lowest BCUT2D eigenvalue weighted by Gasteiger charge is -2.28. The lowest BCUT2D eigenvalue weighted by Crippen LogP contribution is -2.44. The molecular formula is C12H21N3O2S. The van der Waals surface area contributed by atoms with Crippen molar-refractivity contribution in [2.45, 2.75) is 33.4 Å². The SMILES string of the molecule is CCNS(=O)(=O)N(c1ccc(CN)cc1)C(C)C. The monoisotopic (exact) mass is 271 g/mol. The van der Waals surface area contributed by atoms with Gasteiger partial charge in [-0.2, -0.15) is 13.1 Å². The van der Waals surface area contributed by atoms with Crippen LogP contribution in [0.2, 0.25) is 0 Å². The average molecular weight is 271 g/mol. The van der Waals surface area contributed by atoms with Crippen LogP contribution in [0.5, 0.6) is 0 Å². The van der Waals surface area contributed by atoms with Gasteiger partial charge in [-0.25, -0.2) is 0 Å². The van der Waals surface area contributed by atoms with Crippen molar-refractivity contribution < 1.29 is 8.42 Å². The van der Waals surface area contributed by atoms with Crippen molar-refractivity contribution in [3.63, 3.8) is 0 Å². The molecule has 3 N–H and O–H groups in total. The first-order valence-corrected chi connectivity index (χ1v) is 7.44. The Kier molecular flexibility index (Phi) is 5.13. The molecule has 0 aliphatic heterocycles. The zero-order valence-electron chi connectivity index (χ0n) is 11.1.